The Hall–Kier alpha value is -2.58. The molecule has 0 aromatic heterocycles. The van der Waals surface area contributed by atoms with Crippen LogP contribution in [0.25, 0.3) is 0 Å². The van der Waals surface area contributed by atoms with Gasteiger partial charge in [-0.1, -0.05) is 61.9 Å². The Morgan fingerprint density at radius 3 is 2.60 bits per heavy atom. The number of amides is 2. The van der Waals surface area contributed by atoms with E-state index in [0.717, 1.165) is 18.4 Å². The summed E-state index contributed by atoms with van der Waals surface area (Å²) in [5.74, 6) is -2.29. The number of aliphatic hydroxyl groups is 1. The molecular weight excluding hydrogens is 464 g/mol. The van der Waals surface area contributed by atoms with Crippen molar-refractivity contribution in [2.75, 3.05) is 26.3 Å². The number of fused-ring (bicyclic) bond motifs is 2. The fourth-order valence-electron chi connectivity index (χ4n) is 6.26. The average Bonchev–Trinajstić information content (AvgIpc) is 3.11. The molecule has 2 fully saturated rings. The van der Waals surface area contributed by atoms with Gasteiger partial charge in [0.05, 0.1) is 29.2 Å². The quantitative estimate of drug-likeness (QED) is 0.481. The minimum Gasteiger partial charge on any atom is -0.461 e. The molecule has 0 radical (unpaired) electrons. The molecule has 6 atom stereocenters. The number of likely N-dealkylation sites (tertiary alicyclic amines) is 1. The van der Waals surface area contributed by atoms with E-state index in [9.17, 15) is 19.5 Å². The number of esters is 1. The number of hydrogen-bond donors (Lipinski definition) is 1. The summed E-state index contributed by atoms with van der Waals surface area (Å²) < 4.78 is 3.86. The van der Waals surface area contributed by atoms with Gasteiger partial charge in [-0.2, -0.15) is 0 Å². The first-order chi connectivity index (χ1) is 16.9. The van der Waals surface area contributed by atoms with Crippen LogP contribution in [0.4, 0.5) is 0 Å². The number of hydrogen-bond acceptors (Lipinski definition) is 6. The topological polar surface area (TPSA) is 87.2 Å². The summed E-state index contributed by atoms with van der Waals surface area (Å²) in [6.45, 7) is 4.96. The molecule has 1 unspecified atom stereocenters. The van der Waals surface area contributed by atoms with Gasteiger partial charge < -0.3 is 19.6 Å². The lowest BCUT2D eigenvalue weighted by Crippen LogP contribution is -2.54. The number of benzene rings is 1. The first-order valence-electron chi connectivity index (χ1n) is 12.4. The monoisotopic (exact) mass is 496 g/mol. The number of carbonyl (C=O) groups excluding carboxylic acids is 3. The van der Waals surface area contributed by atoms with Crippen molar-refractivity contribution in [2.45, 2.75) is 48.3 Å². The third-order valence-electron chi connectivity index (χ3n) is 7.81. The minimum absolute atomic E-state index is 0.126. The van der Waals surface area contributed by atoms with Gasteiger partial charge in [0.25, 0.3) is 0 Å². The zero-order valence-corrected chi connectivity index (χ0v) is 20.9. The van der Waals surface area contributed by atoms with Crippen molar-refractivity contribution in [1.29, 1.82) is 0 Å². The van der Waals surface area contributed by atoms with Gasteiger partial charge in [-0.05, 0) is 25.0 Å². The summed E-state index contributed by atoms with van der Waals surface area (Å²) in [6, 6.07) is 7.79. The summed E-state index contributed by atoms with van der Waals surface area (Å²) in [6.07, 6.45) is 9.58. The number of carbonyl (C=O) groups is 3. The maximum absolute atomic E-state index is 14.3. The van der Waals surface area contributed by atoms with Crippen LogP contribution < -0.4 is 0 Å². The van der Waals surface area contributed by atoms with Gasteiger partial charge in [-0.25, -0.2) is 0 Å². The van der Waals surface area contributed by atoms with Gasteiger partial charge in [-0.15, -0.1) is 11.8 Å². The molecule has 186 valence electrons. The molecule has 1 aromatic rings. The van der Waals surface area contributed by atoms with Crippen molar-refractivity contribution >= 4 is 29.5 Å². The molecule has 4 aliphatic rings. The van der Waals surface area contributed by atoms with E-state index in [0.29, 0.717) is 13.1 Å². The highest BCUT2D eigenvalue weighted by Gasteiger charge is 2.74. The molecule has 2 saturated heterocycles. The number of unbranched alkanes of at least 4 members (excludes halogenated alkanes) is 1. The van der Waals surface area contributed by atoms with Crippen LogP contribution in [-0.2, 0) is 19.1 Å². The second-order valence-electron chi connectivity index (χ2n) is 9.92. The number of thioether (sulfide) groups is 1. The lowest BCUT2D eigenvalue weighted by molar-refractivity contribution is -0.153. The molecule has 1 spiro atoms. The summed E-state index contributed by atoms with van der Waals surface area (Å²) in [7, 11) is 0. The van der Waals surface area contributed by atoms with Crippen LogP contribution in [0.3, 0.4) is 0 Å². The molecule has 1 N–H and O–H groups in total. The van der Waals surface area contributed by atoms with Crippen LogP contribution >= 0.6 is 11.8 Å². The van der Waals surface area contributed by atoms with Crippen molar-refractivity contribution < 1.29 is 24.2 Å². The molecule has 0 aliphatic carbocycles. The molecule has 2 amide bonds. The second-order valence-corrected chi connectivity index (χ2v) is 11.7. The fourth-order valence-corrected chi connectivity index (χ4v) is 8.40. The Labute approximate surface area is 210 Å². The summed E-state index contributed by atoms with van der Waals surface area (Å²) >= 11 is 1.52. The van der Waals surface area contributed by atoms with E-state index in [1.54, 1.807) is 4.90 Å². The van der Waals surface area contributed by atoms with Crippen LogP contribution in [-0.4, -0.2) is 74.5 Å². The number of ether oxygens (including phenoxy) is 1. The minimum atomic E-state index is -0.933. The zero-order valence-electron chi connectivity index (χ0n) is 20.1. The van der Waals surface area contributed by atoms with Crippen LogP contribution in [0, 0.1) is 11.8 Å². The Kier molecular flexibility index (Phi) is 6.30. The van der Waals surface area contributed by atoms with Crippen molar-refractivity contribution in [1.82, 2.24) is 9.80 Å². The van der Waals surface area contributed by atoms with Crippen molar-refractivity contribution in [3.63, 3.8) is 0 Å². The van der Waals surface area contributed by atoms with E-state index < -0.39 is 39.4 Å². The number of aliphatic hydroxyl groups excluding tert-OH is 1. The maximum atomic E-state index is 14.3. The Bertz CT molecular complexity index is 1070. The largest absolute Gasteiger partial charge is 0.461 e. The van der Waals surface area contributed by atoms with Crippen LogP contribution in [0.15, 0.2) is 54.6 Å². The molecule has 1 aromatic carbocycles. The first kappa shape index (κ1) is 24.1. The predicted octanol–water partition coefficient (Wildman–Crippen LogP) is 2.72. The van der Waals surface area contributed by atoms with Crippen LogP contribution in [0.1, 0.15) is 38.3 Å². The first-order valence-corrected chi connectivity index (χ1v) is 13.2. The van der Waals surface area contributed by atoms with E-state index in [1.165, 1.54) is 11.8 Å². The molecular formula is C27H32N2O5S. The van der Waals surface area contributed by atoms with Gasteiger partial charge in [0.1, 0.15) is 12.6 Å². The van der Waals surface area contributed by atoms with E-state index in [1.807, 2.05) is 66.5 Å². The van der Waals surface area contributed by atoms with Gasteiger partial charge in [-0.3, -0.25) is 14.4 Å². The van der Waals surface area contributed by atoms with Crippen LogP contribution in [0.5, 0.6) is 0 Å². The molecule has 5 rings (SSSR count). The molecule has 7 nitrogen and oxygen atoms in total. The highest BCUT2D eigenvalue weighted by Crippen LogP contribution is 2.66. The van der Waals surface area contributed by atoms with Crippen LogP contribution in [0.2, 0.25) is 0 Å². The molecule has 35 heavy (non-hydrogen) atoms. The zero-order chi connectivity index (χ0) is 24.8. The maximum Gasteiger partial charge on any atom is 0.311 e. The van der Waals surface area contributed by atoms with E-state index in [-0.39, 0.29) is 25.0 Å². The highest BCUT2D eigenvalue weighted by atomic mass is 32.2. The Morgan fingerprint density at radius 2 is 1.89 bits per heavy atom. The molecule has 0 bridgehead atoms. The Morgan fingerprint density at radius 1 is 1.11 bits per heavy atom. The van der Waals surface area contributed by atoms with Gasteiger partial charge in [0.15, 0.2) is 0 Å². The van der Waals surface area contributed by atoms with Crippen molar-refractivity contribution in [3.05, 3.63) is 60.2 Å². The Balaban J connectivity index is 1.67. The lowest BCUT2D eigenvalue weighted by atomic mass is 9.75. The molecule has 0 saturated carbocycles. The summed E-state index contributed by atoms with van der Waals surface area (Å²) in [5, 5.41) is 10.5. The second kappa shape index (κ2) is 9.13. The van der Waals surface area contributed by atoms with Gasteiger partial charge in [0.2, 0.25) is 11.8 Å². The lowest BCUT2D eigenvalue weighted by Gasteiger charge is -2.39. The summed E-state index contributed by atoms with van der Waals surface area (Å²) in [4.78, 5) is 45.1. The standard InChI is InChI=1S/C27H32N2O5S/c1-3-4-14-28-15-8-13-27-20(21-25(33)34-16-9-12-26(21,2)35-27)23(31)29(22(27)24(28)32)19(17-30)18-10-6-5-7-11-18/h5-13,19-22,30H,3-4,14-17H2,1-2H3/t19-,20+,21+,22?,26-,27+/m1/s1. The molecule has 4 heterocycles. The SMILES string of the molecule is CCCCN1CC=C[C@]23S[C@]4(C)C=CCOC(=O)[C@@H]4[C@H]2C(=O)N([C@H](CO)c2ccccc2)C3C1=O. The fraction of sp³-hybridized carbons (Fsp3) is 0.519. The van der Waals surface area contributed by atoms with Crippen molar-refractivity contribution in [2.24, 2.45) is 11.8 Å². The van der Waals surface area contributed by atoms with E-state index >= 15 is 0 Å². The number of nitrogens with zero attached hydrogens (tertiary/aromatic N) is 2. The van der Waals surface area contributed by atoms with E-state index in [4.69, 9.17) is 4.74 Å². The highest BCUT2D eigenvalue weighted by molar-refractivity contribution is 8.02. The normalized spacial score (nSPS) is 34.7. The molecule has 4 aliphatic heterocycles. The molecule has 8 heteroatoms. The predicted molar refractivity (Wildman–Crippen MR) is 133 cm³/mol. The number of cyclic esters (lactones) is 1. The number of rotatable bonds is 6. The van der Waals surface area contributed by atoms with Gasteiger partial charge in [0, 0.05) is 17.8 Å². The van der Waals surface area contributed by atoms with E-state index in [2.05, 4.69) is 6.92 Å². The smallest absolute Gasteiger partial charge is 0.311 e. The third-order valence-corrected chi connectivity index (χ3v) is 9.61. The summed E-state index contributed by atoms with van der Waals surface area (Å²) in [5.41, 5.74) is 0.760. The average molecular weight is 497 g/mol. The third kappa shape index (κ3) is 3.64. The van der Waals surface area contributed by atoms with Gasteiger partial charge >= 0.3 is 5.97 Å². The van der Waals surface area contributed by atoms with Crippen molar-refractivity contribution in [3.8, 4) is 0 Å².